The van der Waals surface area contributed by atoms with Gasteiger partial charge in [-0.2, -0.15) is 13.2 Å². The molecule has 27 heavy (non-hydrogen) atoms. The molecule has 0 N–H and O–H groups in total. The van der Waals surface area contributed by atoms with Gasteiger partial charge in [0.15, 0.2) is 0 Å². The molecule has 0 radical (unpaired) electrons. The number of furan rings is 1. The normalized spacial score (nSPS) is 12.3. The molecule has 132 valence electrons. The van der Waals surface area contributed by atoms with Crippen molar-refractivity contribution < 1.29 is 17.6 Å². The van der Waals surface area contributed by atoms with E-state index in [0.717, 1.165) is 16.2 Å². The molecule has 0 aliphatic heterocycles. The lowest BCUT2D eigenvalue weighted by Gasteiger charge is -2.10. The maximum Gasteiger partial charge on any atom is 0.420 e. The SMILES string of the molecule is FC(F)(F)c1c(-c2cccc3ccccc23)oc2ccc3ccccc3c12. The van der Waals surface area contributed by atoms with Crippen molar-refractivity contribution in [3.63, 3.8) is 0 Å². The van der Waals surface area contributed by atoms with Crippen molar-refractivity contribution in [1.82, 2.24) is 0 Å². The van der Waals surface area contributed by atoms with Crippen molar-refractivity contribution in [2.24, 2.45) is 0 Å². The van der Waals surface area contributed by atoms with Gasteiger partial charge in [-0.1, -0.05) is 72.8 Å². The fourth-order valence-electron chi connectivity index (χ4n) is 3.75. The molecular weight excluding hydrogens is 349 g/mol. The van der Waals surface area contributed by atoms with E-state index in [9.17, 15) is 13.2 Å². The van der Waals surface area contributed by atoms with Gasteiger partial charge in [0.05, 0.1) is 0 Å². The molecule has 4 aromatic carbocycles. The highest BCUT2D eigenvalue weighted by Gasteiger charge is 2.39. The van der Waals surface area contributed by atoms with E-state index in [-0.39, 0.29) is 16.7 Å². The summed E-state index contributed by atoms with van der Waals surface area (Å²) < 4.78 is 48.3. The van der Waals surface area contributed by atoms with Crippen LogP contribution in [0.1, 0.15) is 5.56 Å². The third-order valence-electron chi connectivity index (χ3n) is 4.90. The summed E-state index contributed by atoms with van der Waals surface area (Å²) in [6.45, 7) is 0. The zero-order chi connectivity index (χ0) is 18.6. The summed E-state index contributed by atoms with van der Waals surface area (Å²) in [5, 5.41) is 3.00. The maximum absolute atomic E-state index is 14.2. The molecule has 5 aromatic rings. The monoisotopic (exact) mass is 362 g/mol. The highest BCUT2D eigenvalue weighted by atomic mass is 19.4. The molecule has 0 amide bonds. The van der Waals surface area contributed by atoms with Gasteiger partial charge < -0.3 is 4.42 Å². The lowest BCUT2D eigenvalue weighted by atomic mass is 9.97. The summed E-state index contributed by atoms with van der Waals surface area (Å²) >= 11 is 0. The molecule has 0 aliphatic carbocycles. The Morgan fingerprint density at radius 3 is 2.00 bits per heavy atom. The Hall–Kier alpha value is -3.27. The zero-order valence-electron chi connectivity index (χ0n) is 14.0. The summed E-state index contributed by atoms with van der Waals surface area (Å²) in [7, 11) is 0. The van der Waals surface area contributed by atoms with E-state index in [1.54, 1.807) is 42.5 Å². The van der Waals surface area contributed by atoms with Crippen molar-refractivity contribution in [1.29, 1.82) is 0 Å². The van der Waals surface area contributed by atoms with Crippen LogP contribution in [0.5, 0.6) is 0 Å². The summed E-state index contributed by atoms with van der Waals surface area (Å²) in [4.78, 5) is 0. The number of hydrogen-bond donors (Lipinski definition) is 0. The van der Waals surface area contributed by atoms with E-state index in [0.29, 0.717) is 10.9 Å². The first-order chi connectivity index (χ1) is 13.0. The first-order valence-electron chi connectivity index (χ1n) is 8.53. The van der Waals surface area contributed by atoms with E-state index in [1.165, 1.54) is 0 Å². The van der Waals surface area contributed by atoms with Crippen LogP contribution >= 0.6 is 0 Å². The van der Waals surface area contributed by atoms with Crippen LogP contribution in [0.25, 0.3) is 43.8 Å². The second-order valence-electron chi connectivity index (χ2n) is 6.49. The van der Waals surface area contributed by atoms with Crippen LogP contribution in [0.3, 0.4) is 0 Å². The summed E-state index contributed by atoms with van der Waals surface area (Å²) in [5.41, 5.74) is -0.0321. The molecule has 0 spiro atoms. The standard InChI is InChI=1S/C23H13F3O/c24-23(25,26)21-20-17-10-4-2-7-15(17)12-13-19(20)27-22(21)18-11-5-8-14-6-1-3-9-16(14)18/h1-13H. The molecule has 0 fully saturated rings. The number of fused-ring (bicyclic) bond motifs is 4. The molecule has 0 unspecified atom stereocenters. The number of benzene rings is 4. The lowest BCUT2D eigenvalue weighted by molar-refractivity contribution is -0.136. The fourth-order valence-corrected chi connectivity index (χ4v) is 3.75. The van der Waals surface area contributed by atoms with E-state index in [2.05, 4.69) is 0 Å². The summed E-state index contributed by atoms with van der Waals surface area (Å²) in [6, 6.07) is 23.1. The predicted octanol–water partition coefficient (Wildman–Crippen LogP) is 7.43. The van der Waals surface area contributed by atoms with Crippen molar-refractivity contribution in [3.8, 4) is 11.3 Å². The van der Waals surface area contributed by atoms with Crippen LogP contribution in [0, 0.1) is 0 Å². The van der Waals surface area contributed by atoms with Crippen molar-refractivity contribution in [2.45, 2.75) is 6.18 Å². The van der Waals surface area contributed by atoms with Gasteiger partial charge in [0.25, 0.3) is 0 Å². The average Bonchev–Trinajstić information content (AvgIpc) is 3.08. The second kappa shape index (κ2) is 5.61. The van der Waals surface area contributed by atoms with Gasteiger partial charge in [-0.15, -0.1) is 0 Å². The van der Waals surface area contributed by atoms with Gasteiger partial charge in [-0.3, -0.25) is 0 Å². The Kier molecular flexibility index (Phi) is 3.31. The average molecular weight is 362 g/mol. The minimum Gasteiger partial charge on any atom is -0.455 e. The smallest absolute Gasteiger partial charge is 0.420 e. The molecule has 1 aromatic heterocycles. The van der Waals surface area contributed by atoms with Crippen LogP contribution in [0.15, 0.2) is 83.3 Å². The van der Waals surface area contributed by atoms with Crippen LogP contribution in [0.4, 0.5) is 13.2 Å². The van der Waals surface area contributed by atoms with Crippen LogP contribution in [-0.4, -0.2) is 0 Å². The minimum absolute atomic E-state index is 0.114. The van der Waals surface area contributed by atoms with Gasteiger partial charge in [-0.05, 0) is 27.6 Å². The molecular formula is C23H13F3O. The number of halogens is 3. The molecule has 1 heterocycles. The fraction of sp³-hybridized carbons (Fsp3) is 0.0435. The van der Waals surface area contributed by atoms with Crippen LogP contribution in [0.2, 0.25) is 0 Å². The topological polar surface area (TPSA) is 13.1 Å². The lowest BCUT2D eigenvalue weighted by Crippen LogP contribution is -2.06. The van der Waals surface area contributed by atoms with Gasteiger partial charge in [0.2, 0.25) is 0 Å². The summed E-state index contributed by atoms with van der Waals surface area (Å²) in [6.07, 6.45) is -4.54. The zero-order valence-corrected chi connectivity index (χ0v) is 14.0. The molecule has 5 rings (SSSR count). The highest BCUT2D eigenvalue weighted by molar-refractivity contribution is 6.11. The van der Waals surface area contributed by atoms with Crippen molar-refractivity contribution >= 4 is 32.5 Å². The largest absolute Gasteiger partial charge is 0.455 e. The Morgan fingerprint density at radius 2 is 1.26 bits per heavy atom. The van der Waals surface area contributed by atoms with Gasteiger partial charge in [0, 0.05) is 10.9 Å². The molecule has 0 saturated heterocycles. The molecule has 4 heteroatoms. The van der Waals surface area contributed by atoms with E-state index in [4.69, 9.17) is 4.42 Å². The van der Waals surface area contributed by atoms with E-state index in [1.807, 2.05) is 36.4 Å². The first-order valence-corrected chi connectivity index (χ1v) is 8.53. The minimum atomic E-state index is -4.54. The quantitative estimate of drug-likeness (QED) is 0.302. The van der Waals surface area contributed by atoms with Gasteiger partial charge in [-0.25, -0.2) is 0 Å². The molecule has 0 aliphatic rings. The maximum atomic E-state index is 14.2. The highest BCUT2D eigenvalue weighted by Crippen LogP contribution is 2.47. The van der Waals surface area contributed by atoms with Crippen molar-refractivity contribution in [3.05, 3.63) is 84.4 Å². The van der Waals surface area contributed by atoms with Crippen molar-refractivity contribution in [2.75, 3.05) is 0 Å². The molecule has 1 nitrogen and oxygen atoms in total. The Morgan fingerprint density at radius 1 is 0.630 bits per heavy atom. The summed E-state index contributed by atoms with van der Waals surface area (Å²) in [5.74, 6) is -0.134. The van der Waals surface area contributed by atoms with Gasteiger partial charge in [0.1, 0.15) is 16.9 Å². The van der Waals surface area contributed by atoms with Crippen LogP contribution < -0.4 is 0 Å². The number of hydrogen-bond acceptors (Lipinski definition) is 1. The van der Waals surface area contributed by atoms with Gasteiger partial charge >= 0.3 is 6.18 Å². The molecule has 0 atom stereocenters. The molecule has 0 bridgehead atoms. The third kappa shape index (κ3) is 2.40. The van der Waals surface area contributed by atoms with E-state index < -0.39 is 11.7 Å². The molecule has 0 saturated carbocycles. The third-order valence-corrected chi connectivity index (χ3v) is 4.90. The Balaban J connectivity index is 1.97. The second-order valence-corrected chi connectivity index (χ2v) is 6.49. The number of rotatable bonds is 1. The Bertz CT molecular complexity index is 1310. The predicted molar refractivity (Wildman–Crippen MR) is 102 cm³/mol. The van der Waals surface area contributed by atoms with Crippen LogP contribution in [-0.2, 0) is 6.18 Å². The number of alkyl halides is 3. The first kappa shape index (κ1) is 15.9. The Labute approximate surface area is 152 Å². The van der Waals surface area contributed by atoms with E-state index >= 15 is 0 Å².